The molecule has 1 aromatic carbocycles. The Balaban J connectivity index is 1.88. The minimum absolute atomic E-state index is 0.167. The second kappa shape index (κ2) is 7.08. The molecule has 1 saturated carbocycles. The minimum Gasteiger partial charge on any atom is -0.497 e. The van der Waals surface area contributed by atoms with Gasteiger partial charge in [0.2, 0.25) is 0 Å². The number of hydrogen-bond acceptors (Lipinski definition) is 4. The maximum atomic E-state index is 11.7. The van der Waals surface area contributed by atoms with Gasteiger partial charge in [0.05, 0.1) is 13.2 Å². The average Bonchev–Trinajstić information content (AvgIpc) is 3.31. The smallest absolute Gasteiger partial charge is 0.309 e. The Bertz CT molecular complexity index is 514. The molecule has 0 spiro atoms. The molecule has 2 rings (SSSR count). The molecule has 1 fully saturated rings. The predicted octanol–water partition coefficient (Wildman–Crippen LogP) is 0.777. The van der Waals surface area contributed by atoms with Gasteiger partial charge in [-0.3, -0.25) is 9.59 Å². The van der Waals surface area contributed by atoms with Crippen molar-refractivity contribution in [3.8, 4) is 5.75 Å². The normalized spacial score (nSPS) is 15.1. The van der Waals surface area contributed by atoms with Crippen molar-refractivity contribution in [1.82, 2.24) is 10.6 Å². The zero-order valence-electron chi connectivity index (χ0n) is 12.2. The van der Waals surface area contributed by atoms with Crippen LogP contribution in [-0.4, -0.2) is 38.6 Å². The third-order valence-corrected chi connectivity index (χ3v) is 3.32. The molecule has 114 valence electrons. The summed E-state index contributed by atoms with van der Waals surface area (Å²) < 4.78 is 10.5. The quantitative estimate of drug-likeness (QED) is 0.760. The van der Waals surface area contributed by atoms with E-state index in [1.807, 2.05) is 24.3 Å². The van der Waals surface area contributed by atoms with E-state index in [1.54, 1.807) is 14.2 Å². The Morgan fingerprint density at radius 3 is 2.67 bits per heavy atom. The Morgan fingerprint density at radius 2 is 2.05 bits per heavy atom. The number of nitrogens with one attached hydrogen (secondary N) is 2. The average molecular weight is 292 g/mol. The van der Waals surface area contributed by atoms with Crippen molar-refractivity contribution in [2.45, 2.75) is 25.0 Å². The van der Waals surface area contributed by atoms with Crippen LogP contribution in [0.25, 0.3) is 0 Å². The molecule has 6 nitrogen and oxygen atoms in total. The lowest BCUT2D eigenvalue weighted by Gasteiger charge is -2.17. The van der Waals surface area contributed by atoms with E-state index < -0.39 is 11.8 Å². The highest BCUT2D eigenvalue weighted by molar-refractivity contribution is 6.35. The van der Waals surface area contributed by atoms with E-state index in [1.165, 1.54) is 0 Å². The van der Waals surface area contributed by atoms with Crippen LogP contribution in [0.1, 0.15) is 24.5 Å². The van der Waals surface area contributed by atoms with Gasteiger partial charge in [0.15, 0.2) is 0 Å². The molecular formula is C15H20N2O4. The van der Waals surface area contributed by atoms with E-state index in [0.717, 1.165) is 18.4 Å². The molecule has 0 unspecified atom stereocenters. The molecule has 1 aliphatic rings. The van der Waals surface area contributed by atoms with Crippen molar-refractivity contribution in [1.29, 1.82) is 0 Å². The van der Waals surface area contributed by atoms with Crippen LogP contribution in [0.3, 0.4) is 0 Å². The van der Waals surface area contributed by atoms with Crippen molar-refractivity contribution in [2.75, 3.05) is 20.8 Å². The fourth-order valence-corrected chi connectivity index (χ4v) is 1.92. The predicted molar refractivity (Wildman–Crippen MR) is 76.9 cm³/mol. The topological polar surface area (TPSA) is 76.7 Å². The van der Waals surface area contributed by atoms with Crippen LogP contribution >= 0.6 is 0 Å². The van der Waals surface area contributed by atoms with E-state index in [-0.39, 0.29) is 18.7 Å². The molecule has 0 saturated heterocycles. The van der Waals surface area contributed by atoms with E-state index in [0.29, 0.717) is 5.75 Å². The van der Waals surface area contributed by atoms with Crippen molar-refractivity contribution in [3.63, 3.8) is 0 Å². The highest BCUT2D eigenvalue weighted by Crippen LogP contribution is 2.21. The van der Waals surface area contributed by atoms with E-state index in [4.69, 9.17) is 9.47 Å². The lowest BCUT2D eigenvalue weighted by molar-refractivity contribution is -0.139. The largest absolute Gasteiger partial charge is 0.497 e. The fraction of sp³-hybridized carbons (Fsp3) is 0.467. The van der Waals surface area contributed by atoms with Gasteiger partial charge in [0, 0.05) is 19.7 Å². The summed E-state index contributed by atoms with van der Waals surface area (Å²) in [6.45, 7) is 0.223. The maximum absolute atomic E-state index is 11.7. The first-order valence-electron chi connectivity index (χ1n) is 6.89. The first-order chi connectivity index (χ1) is 10.1. The van der Waals surface area contributed by atoms with Gasteiger partial charge in [-0.05, 0) is 30.5 Å². The van der Waals surface area contributed by atoms with Crippen molar-refractivity contribution in [3.05, 3.63) is 29.8 Å². The third-order valence-electron chi connectivity index (χ3n) is 3.32. The van der Waals surface area contributed by atoms with Crippen LogP contribution in [0.15, 0.2) is 24.3 Å². The van der Waals surface area contributed by atoms with Gasteiger partial charge in [-0.15, -0.1) is 0 Å². The molecule has 0 aliphatic heterocycles. The Hall–Kier alpha value is -2.08. The molecule has 6 heteroatoms. The number of ether oxygens (including phenoxy) is 2. The van der Waals surface area contributed by atoms with Gasteiger partial charge >= 0.3 is 11.8 Å². The molecule has 0 aromatic heterocycles. The van der Waals surface area contributed by atoms with Crippen molar-refractivity contribution < 1.29 is 19.1 Å². The molecule has 0 radical (unpaired) electrons. The molecule has 2 amide bonds. The zero-order valence-corrected chi connectivity index (χ0v) is 12.2. The maximum Gasteiger partial charge on any atom is 0.309 e. The number of amides is 2. The monoisotopic (exact) mass is 292 g/mol. The standard InChI is InChI=1S/C15H20N2O4/c1-20-12-5-3-4-10(8-12)13(21-2)9-16-14(18)15(19)17-11-6-7-11/h3-5,8,11,13H,6-7,9H2,1-2H3,(H,16,18)(H,17,19)/t13-/m1/s1. The van der Waals surface area contributed by atoms with Crippen molar-refractivity contribution in [2.24, 2.45) is 0 Å². The third kappa shape index (κ3) is 4.46. The second-order valence-corrected chi connectivity index (χ2v) is 4.96. The molecular weight excluding hydrogens is 272 g/mol. The SMILES string of the molecule is COc1cccc([C@@H](CNC(=O)C(=O)NC2CC2)OC)c1. The molecule has 0 bridgehead atoms. The number of carbonyl (C=O) groups excluding carboxylic acids is 2. The lowest BCUT2D eigenvalue weighted by Crippen LogP contribution is -2.42. The highest BCUT2D eigenvalue weighted by Gasteiger charge is 2.26. The number of rotatable bonds is 6. The van der Waals surface area contributed by atoms with Crippen LogP contribution < -0.4 is 15.4 Å². The molecule has 2 N–H and O–H groups in total. The van der Waals surface area contributed by atoms with Gasteiger partial charge in [-0.25, -0.2) is 0 Å². The van der Waals surface area contributed by atoms with Crippen LogP contribution in [-0.2, 0) is 14.3 Å². The Labute approximate surface area is 123 Å². The van der Waals surface area contributed by atoms with Crippen LogP contribution in [0.5, 0.6) is 5.75 Å². The summed E-state index contributed by atoms with van der Waals surface area (Å²) in [5, 5.41) is 5.23. The first kappa shape index (κ1) is 15.3. The highest BCUT2D eigenvalue weighted by atomic mass is 16.5. The van der Waals surface area contributed by atoms with Crippen LogP contribution in [0, 0.1) is 0 Å². The van der Waals surface area contributed by atoms with Crippen molar-refractivity contribution >= 4 is 11.8 Å². The lowest BCUT2D eigenvalue weighted by atomic mass is 10.1. The summed E-state index contributed by atoms with van der Waals surface area (Å²) in [6.07, 6.45) is 1.56. The summed E-state index contributed by atoms with van der Waals surface area (Å²) in [7, 11) is 3.14. The van der Waals surface area contributed by atoms with Gasteiger partial charge in [0.25, 0.3) is 0 Å². The summed E-state index contributed by atoms with van der Waals surface area (Å²) in [5.74, 6) is -0.503. The van der Waals surface area contributed by atoms with Gasteiger partial charge in [-0.1, -0.05) is 12.1 Å². The second-order valence-electron chi connectivity index (χ2n) is 4.96. The molecule has 1 atom stereocenters. The number of hydrogen-bond donors (Lipinski definition) is 2. The van der Waals surface area contributed by atoms with Gasteiger partial charge < -0.3 is 20.1 Å². The summed E-state index contributed by atoms with van der Waals surface area (Å²) in [4.78, 5) is 23.2. The summed E-state index contributed by atoms with van der Waals surface area (Å²) in [6, 6.07) is 7.57. The van der Waals surface area contributed by atoms with Crippen LogP contribution in [0.4, 0.5) is 0 Å². The summed E-state index contributed by atoms with van der Waals surface area (Å²) >= 11 is 0. The fourth-order valence-electron chi connectivity index (χ4n) is 1.92. The van der Waals surface area contributed by atoms with E-state index in [9.17, 15) is 9.59 Å². The van der Waals surface area contributed by atoms with Crippen LogP contribution in [0.2, 0.25) is 0 Å². The van der Waals surface area contributed by atoms with E-state index >= 15 is 0 Å². The Morgan fingerprint density at radius 1 is 1.29 bits per heavy atom. The number of benzene rings is 1. The zero-order chi connectivity index (χ0) is 15.2. The minimum atomic E-state index is -0.633. The first-order valence-corrected chi connectivity index (χ1v) is 6.89. The van der Waals surface area contributed by atoms with Gasteiger partial charge in [0.1, 0.15) is 5.75 Å². The van der Waals surface area contributed by atoms with E-state index in [2.05, 4.69) is 10.6 Å². The molecule has 0 heterocycles. The summed E-state index contributed by atoms with van der Waals surface area (Å²) in [5.41, 5.74) is 0.875. The van der Waals surface area contributed by atoms with Gasteiger partial charge in [-0.2, -0.15) is 0 Å². The molecule has 21 heavy (non-hydrogen) atoms. The number of carbonyl (C=O) groups is 2. The molecule has 1 aromatic rings. The number of methoxy groups -OCH3 is 2. The Kier molecular flexibility index (Phi) is 5.16. The molecule has 1 aliphatic carbocycles.